The molecule has 0 radical (unpaired) electrons. The second-order valence-electron chi connectivity index (χ2n) is 9.75. The van der Waals surface area contributed by atoms with Crippen molar-refractivity contribution in [3.05, 3.63) is 0 Å². The summed E-state index contributed by atoms with van der Waals surface area (Å²) >= 11 is 0. The van der Waals surface area contributed by atoms with Crippen molar-refractivity contribution >= 4 is 31.1 Å². The second kappa shape index (κ2) is 38.5. The fraction of sp³-hybridized carbons (Fsp3) is 0.933. The third kappa shape index (κ3) is 39.7. The lowest BCUT2D eigenvalue weighted by Gasteiger charge is -2.06. The summed E-state index contributed by atoms with van der Waals surface area (Å²) in [7, 11) is -0.659. The van der Waals surface area contributed by atoms with Gasteiger partial charge < -0.3 is 18.3 Å². The summed E-state index contributed by atoms with van der Waals surface area (Å²) < 4.78 is 22.2. The third-order valence-electron chi connectivity index (χ3n) is 6.03. The molecule has 0 unspecified atom stereocenters. The summed E-state index contributed by atoms with van der Waals surface area (Å²) in [4.78, 5) is 32.7. The Bertz CT molecular complexity index is 468. The van der Waals surface area contributed by atoms with Crippen molar-refractivity contribution < 1.29 is 37.7 Å². The van der Waals surface area contributed by atoms with Crippen LogP contribution in [0.1, 0.15) is 118 Å². The molecule has 40 heavy (non-hydrogen) atoms. The number of ether oxygens (including phenoxy) is 2. The van der Waals surface area contributed by atoms with Crippen LogP contribution < -0.4 is 0 Å². The average Bonchev–Trinajstić information content (AvgIpc) is 2.96. The number of carbonyl (C=O) groups excluding carboxylic acids is 2. The summed E-state index contributed by atoms with van der Waals surface area (Å²) in [6, 6.07) is 2.39. The highest BCUT2D eigenvalue weighted by atomic mass is 28.2. The standard InChI is InChI=1S/C26H54O6Si2.C4H10O2/c1-3-31-33-23-13-7-17-25(27)15-5-9-19-29-21-11-12-22-30-20-10-6-16-26(28)18-8-14-24-34-32-4-2;1-3-5-6-4-2/h3-24,33-34H2,1-2H3;3-4H2,1-2H3. The number of hydrogen-bond acceptors (Lipinski definition) is 8. The lowest BCUT2D eigenvalue weighted by Crippen LogP contribution is -2.03. The normalized spacial score (nSPS) is 11.5. The van der Waals surface area contributed by atoms with Crippen LogP contribution in [0.2, 0.25) is 12.1 Å². The number of ketones is 2. The predicted molar refractivity (Wildman–Crippen MR) is 169 cm³/mol. The zero-order chi connectivity index (χ0) is 29.8. The molecule has 0 fully saturated rings. The quantitative estimate of drug-likeness (QED) is 0.0418. The summed E-state index contributed by atoms with van der Waals surface area (Å²) in [6.07, 6.45) is 13.0. The molecule has 0 rings (SSSR count). The lowest BCUT2D eigenvalue weighted by molar-refractivity contribution is -0.287. The van der Waals surface area contributed by atoms with Gasteiger partial charge in [0.2, 0.25) is 0 Å². The Morgan fingerprint density at radius 1 is 0.450 bits per heavy atom. The maximum atomic E-state index is 11.9. The summed E-state index contributed by atoms with van der Waals surface area (Å²) in [6.45, 7) is 13.8. The van der Waals surface area contributed by atoms with Crippen LogP contribution in [-0.2, 0) is 37.7 Å². The highest BCUT2D eigenvalue weighted by molar-refractivity contribution is 6.27. The Balaban J connectivity index is 0. The van der Waals surface area contributed by atoms with Gasteiger partial charge in [-0.15, -0.1) is 0 Å². The first-order valence-electron chi connectivity index (χ1n) is 16.2. The minimum atomic E-state index is -0.330. The van der Waals surface area contributed by atoms with E-state index in [0.29, 0.717) is 37.6 Å². The van der Waals surface area contributed by atoms with E-state index < -0.39 is 0 Å². The van der Waals surface area contributed by atoms with Gasteiger partial charge in [-0.3, -0.25) is 9.59 Å². The van der Waals surface area contributed by atoms with E-state index in [1.807, 2.05) is 27.7 Å². The number of carbonyl (C=O) groups is 2. The molecule has 0 aromatic carbocycles. The molecule has 8 nitrogen and oxygen atoms in total. The van der Waals surface area contributed by atoms with Gasteiger partial charge in [-0.25, -0.2) is 9.78 Å². The monoisotopic (exact) mass is 608 g/mol. The highest BCUT2D eigenvalue weighted by Crippen LogP contribution is 2.07. The van der Waals surface area contributed by atoms with Crippen molar-refractivity contribution in [2.75, 3.05) is 52.9 Å². The maximum Gasteiger partial charge on any atom is 0.161 e. The fourth-order valence-corrected chi connectivity index (χ4v) is 5.88. The Morgan fingerprint density at radius 3 is 1.10 bits per heavy atom. The maximum absolute atomic E-state index is 11.9. The molecule has 0 aromatic rings. The smallest absolute Gasteiger partial charge is 0.161 e. The van der Waals surface area contributed by atoms with Gasteiger partial charge in [0.25, 0.3) is 0 Å². The van der Waals surface area contributed by atoms with E-state index in [0.717, 1.165) is 117 Å². The zero-order valence-corrected chi connectivity index (χ0v) is 29.5. The van der Waals surface area contributed by atoms with Crippen LogP contribution in [0.25, 0.3) is 0 Å². The first-order valence-corrected chi connectivity index (χ1v) is 19.4. The van der Waals surface area contributed by atoms with Gasteiger partial charge in [0.05, 0.1) is 13.2 Å². The van der Waals surface area contributed by atoms with Gasteiger partial charge in [0.1, 0.15) is 11.6 Å². The zero-order valence-electron chi connectivity index (χ0n) is 26.7. The molecule has 10 heteroatoms. The van der Waals surface area contributed by atoms with Crippen LogP contribution in [-0.4, -0.2) is 83.9 Å². The van der Waals surface area contributed by atoms with Crippen molar-refractivity contribution in [3.8, 4) is 0 Å². The molecule has 0 amide bonds. The molecule has 0 heterocycles. The Labute approximate surface area is 251 Å². The molecule has 0 saturated heterocycles. The fourth-order valence-electron chi connectivity index (χ4n) is 3.78. The molecular weight excluding hydrogens is 544 g/mol. The van der Waals surface area contributed by atoms with Gasteiger partial charge in [-0.05, 0) is 91.1 Å². The predicted octanol–water partition coefficient (Wildman–Crippen LogP) is 5.67. The number of Topliss-reactive ketones (excluding diaryl/α,β-unsaturated/α-hetero) is 2. The van der Waals surface area contributed by atoms with Crippen molar-refractivity contribution in [1.82, 2.24) is 0 Å². The van der Waals surface area contributed by atoms with Crippen molar-refractivity contribution in [3.63, 3.8) is 0 Å². The minimum absolute atomic E-state index is 0.330. The molecular formula is C30H64O8Si2. The molecule has 0 bridgehead atoms. The van der Waals surface area contributed by atoms with E-state index >= 15 is 0 Å². The number of rotatable bonds is 32. The number of hydrogen-bond donors (Lipinski definition) is 0. The van der Waals surface area contributed by atoms with E-state index in [1.165, 1.54) is 12.1 Å². The van der Waals surface area contributed by atoms with Gasteiger partial charge >= 0.3 is 0 Å². The molecule has 0 N–H and O–H groups in total. The van der Waals surface area contributed by atoms with Crippen molar-refractivity contribution in [2.24, 2.45) is 0 Å². The Morgan fingerprint density at radius 2 is 0.775 bits per heavy atom. The second-order valence-corrected chi connectivity index (χ2v) is 12.8. The van der Waals surface area contributed by atoms with Crippen LogP contribution in [0.5, 0.6) is 0 Å². The molecule has 0 aliphatic heterocycles. The van der Waals surface area contributed by atoms with E-state index in [9.17, 15) is 9.59 Å². The molecule has 0 aromatic heterocycles. The van der Waals surface area contributed by atoms with E-state index in [2.05, 4.69) is 9.78 Å². The third-order valence-corrected chi connectivity index (χ3v) is 9.00. The first-order chi connectivity index (χ1) is 19.6. The van der Waals surface area contributed by atoms with Crippen LogP contribution in [0.3, 0.4) is 0 Å². The largest absolute Gasteiger partial charge is 0.424 e. The van der Waals surface area contributed by atoms with Gasteiger partial charge in [-0.1, -0.05) is 12.8 Å². The number of unbranched alkanes of at least 4 members (excludes halogenated alkanes) is 5. The van der Waals surface area contributed by atoms with Gasteiger partial charge in [0, 0.05) is 65.3 Å². The van der Waals surface area contributed by atoms with E-state index in [4.69, 9.17) is 18.3 Å². The van der Waals surface area contributed by atoms with Crippen LogP contribution in [0, 0.1) is 0 Å². The topological polar surface area (TPSA) is 89.5 Å². The first kappa shape index (κ1) is 41.7. The lowest BCUT2D eigenvalue weighted by atomic mass is 10.1. The Hall–Kier alpha value is -0.466. The molecule has 0 saturated carbocycles. The minimum Gasteiger partial charge on any atom is -0.424 e. The molecule has 240 valence electrons. The van der Waals surface area contributed by atoms with Crippen molar-refractivity contribution in [1.29, 1.82) is 0 Å². The van der Waals surface area contributed by atoms with E-state index in [1.54, 1.807) is 0 Å². The molecule has 0 aliphatic carbocycles. The average molecular weight is 609 g/mol. The SMILES string of the molecule is CCOOCC.CCO[SiH2]CCCCC(=O)CCCCOCCCCOCCCCC(=O)CCCC[SiH2]OCC. The van der Waals surface area contributed by atoms with Gasteiger partial charge in [-0.2, -0.15) is 0 Å². The molecule has 0 atom stereocenters. The van der Waals surface area contributed by atoms with Gasteiger partial charge in [0.15, 0.2) is 19.5 Å². The van der Waals surface area contributed by atoms with Crippen molar-refractivity contribution in [2.45, 2.75) is 130 Å². The summed E-state index contributed by atoms with van der Waals surface area (Å²) in [5.74, 6) is 0.795. The highest BCUT2D eigenvalue weighted by Gasteiger charge is 2.03. The van der Waals surface area contributed by atoms with Crippen LogP contribution in [0.15, 0.2) is 0 Å². The van der Waals surface area contributed by atoms with E-state index in [-0.39, 0.29) is 19.5 Å². The molecule has 0 spiro atoms. The van der Waals surface area contributed by atoms with Crippen LogP contribution in [0.4, 0.5) is 0 Å². The molecule has 0 aliphatic rings. The summed E-state index contributed by atoms with van der Waals surface area (Å²) in [5, 5.41) is 0. The van der Waals surface area contributed by atoms with Crippen LogP contribution >= 0.6 is 0 Å². The Kier molecular flexibility index (Phi) is 40.1. The summed E-state index contributed by atoms with van der Waals surface area (Å²) in [5.41, 5.74) is 0.